The first-order chi connectivity index (χ1) is 12.3. The number of hydrogen-bond donors (Lipinski definition) is 1. The lowest BCUT2D eigenvalue weighted by atomic mass is 9.91. The summed E-state index contributed by atoms with van der Waals surface area (Å²) in [4.78, 5) is 0. The Balaban J connectivity index is 1.81. The molecular formula is C22H19NOS. The number of thiocyanates is 1. The molecule has 3 aromatic carbocycles. The second-order valence-corrected chi connectivity index (χ2v) is 6.75. The average Bonchev–Trinajstić information content (AvgIpc) is 2.65. The van der Waals surface area contributed by atoms with Crippen LogP contribution >= 0.6 is 11.8 Å². The summed E-state index contributed by atoms with van der Waals surface area (Å²) in [5, 5.41) is 20.6. The van der Waals surface area contributed by atoms with Gasteiger partial charge in [0.15, 0.2) is 0 Å². The number of nitrogens with zero attached hydrogens (tertiary/aromatic N) is 1. The molecule has 124 valence electrons. The van der Waals surface area contributed by atoms with Crippen LogP contribution in [0.4, 0.5) is 0 Å². The Morgan fingerprint density at radius 2 is 1.36 bits per heavy atom. The Bertz CT molecular complexity index is 836. The number of thioether (sulfide) groups is 1. The van der Waals surface area contributed by atoms with Crippen molar-refractivity contribution < 1.29 is 5.11 Å². The zero-order chi connectivity index (χ0) is 17.5. The predicted octanol–water partition coefficient (Wildman–Crippen LogP) is 5.33. The monoisotopic (exact) mass is 345 g/mol. The molecule has 0 aromatic heterocycles. The number of benzene rings is 3. The molecule has 1 unspecified atom stereocenters. The number of aromatic hydroxyl groups is 1. The fourth-order valence-corrected chi connectivity index (χ4v) is 3.54. The van der Waals surface area contributed by atoms with E-state index in [4.69, 9.17) is 5.26 Å². The minimum atomic E-state index is 0.135. The van der Waals surface area contributed by atoms with Crippen molar-refractivity contribution in [1.82, 2.24) is 0 Å². The fourth-order valence-electron chi connectivity index (χ4n) is 2.91. The van der Waals surface area contributed by atoms with Gasteiger partial charge in [0.05, 0.1) is 0 Å². The minimum absolute atomic E-state index is 0.135. The van der Waals surface area contributed by atoms with Crippen LogP contribution in [-0.2, 0) is 6.42 Å². The molecule has 3 aromatic rings. The lowest BCUT2D eigenvalue weighted by Gasteiger charge is -2.17. The van der Waals surface area contributed by atoms with Gasteiger partial charge in [0.1, 0.15) is 11.2 Å². The average molecular weight is 345 g/mol. The highest BCUT2D eigenvalue weighted by atomic mass is 32.2. The lowest BCUT2D eigenvalue weighted by Crippen LogP contribution is -2.04. The van der Waals surface area contributed by atoms with Gasteiger partial charge in [-0.1, -0.05) is 66.7 Å². The standard InChI is InChI=1S/C22H19NOS/c23-16-25-15-22(20-10-12-21(24)13-11-20)19-8-6-18(7-9-19)14-17-4-2-1-3-5-17/h1-13,22,24H,14-15H2. The molecule has 0 aliphatic rings. The van der Waals surface area contributed by atoms with Crippen LogP contribution in [0, 0.1) is 10.7 Å². The molecule has 0 aliphatic carbocycles. The Kier molecular flexibility index (Phi) is 5.77. The van der Waals surface area contributed by atoms with Gasteiger partial charge < -0.3 is 5.11 Å². The zero-order valence-corrected chi connectivity index (χ0v) is 14.6. The Labute approximate surface area is 152 Å². The van der Waals surface area contributed by atoms with Crippen molar-refractivity contribution in [3.8, 4) is 11.2 Å². The molecule has 0 radical (unpaired) electrons. The first-order valence-electron chi connectivity index (χ1n) is 8.19. The van der Waals surface area contributed by atoms with E-state index in [0.29, 0.717) is 5.75 Å². The van der Waals surface area contributed by atoms with Crippen molar-refractivity contribution >= 4 is 11.8 Å². The van der Waals surface area contributed by atoms with Gasteiger partial charge in [-0.2, -0.15) is 5.26 Å². The molecule has 0 amide bonds. The summed E-state index contributed by atoms with van der Waals surface area (Å²) in [6.45, 7) is 0. The van der Waals surface area contributed by atoms with Crippen LogP contribution in [0.2, 0.25) is 0 Å². The summed E-state index contributed by atoms with van der Waals surface area (Å²) in [5.41, 5.74) is 4.86. The number of phenols is 1. The summed E-state index contributed by atoms with van der Waals surface area (Å²) in [6, 6.07) is 26.3. The van der Waals surface area contributed by atoms with Gasteiger partial charge in [0.2, 0.25) is 0 Å². The highest BCUT2D eigenvalue weighted by molar-refractivity contribution is 8.03. The highest BCUT2D eigenvalue weighted by Gasteiger charge is 2.14. The van der Waals surface area contributed by atoms with Crippen molar-refractivity contribution in [2.75, 3.05) is 5.75 Å². The molecule has 1 atom stereocenters. The topological polar surface area (TPSA) is 44.0 Å². The molecule has 25 heavy (non-hydrogen) atoms. The molecule has 0 saturated heterocycles. The smallest absolute Gasteiger partial charge is 0.133 e. The summed E-state index contributed by atoms with van der Waals surface area (Å²) in [6.07, 6.45) is 0.915. The van der Waals surface area contributed by atoms with Gasteiger partial charge >= 0.3 is 0 Å². The summed E-state index contributed by atoms with van der Waals surface area (Å²) in [7, 11) is 0. The fraction of sp³-hybridized carbons (Fsp3) is 0.136. The Morgan fingerprint density at radius 3 is 1.96 bits per heavy atom. The lowest BCUT2D eigenvalue weighted by molar-refractivity contribution is 0.475. The van der Waals surface area contributed by atoms with Crippen LogP contribution < -0.4 is 0 Å². The second kappa shape index (κ2) is 8.41. The quantitative estimate of drug-likeness (QED) is 0.614. The summed E-state index contributed by atoms with van der Waals surface area (Å²) >= 11 is 1.26. The SMILES string of the molecule is N#CSCC(c1ccc(O)cc1)c1ccc(Cc2ccccc2)cc1. The van der Waals surface area contributed by atoms with Crippen LogP contribution in [0.15, 0.2) is 78.9 Å². The molecule has 0 saturated carbocycles. The number of rotatable bonds is 6. The molecule has 0 fully saturated rings. The summed E-state index contributed by atoms with van der Waals surface area (Å²) < 4.78 is 0. The molecule has 0 spiro atoms. The van der Waals surface area contributed by atoms with Crippen LogP contribution in [0.5, 0.6) is 5.75 Å². The van der Waals surface area contributed by atoms with Crippen molar-refractivity contribution in [3.63, 3.8) is 0 Å². The third-order valence-corrected chi connectivity index (χ3v) is 4.87. The zero-order valence-electron chi connectivity index (χ0n) is 13.8. The van der Waals surface area contributed by atoms with Gasteiger partial charge in [-0.3, -0.25) is 0 Å². The third-order valence-electron chi connectivity index (χ3n) is 4.24. The van der Waals surface area contributed by atoms with Crippen LogP contribution in [0.1, 0.15) is 28.2 Å². The molecule has 0 heterocycles. The molecule has 3 rings (SSSR count). The molecule has 1 N–H and O–H groups in total. The first-order valence-corrected chi connectivity index (χ1v) is 9.17. The first kappa shape index (κ1) is 17.1. The van der Waals surface area contributed by atoms with E-state index >= 15 is 0 Å². The van der Waals surface area contributed by atoms with E-state index in [-0.39, 0.29) is 11.7 Å². The van der Waals surface area contributed by atoms with E-state index in [1.807, 2.05) is 18.2 Å². The minimum Gasteiger partial charge on any atom is -0.508 e. The van der Waals surface area contributed by atoms with E-state index in [1.165, 1.54) is 28.5 Å². The maximum atomic E-state index is 9.50. The van der Waals surface area contributed by atoms with Crippen molar-refractivity contribution in [2.24, 2.45) is 0 Å². The molecular weight excluding hydrogens is 326 g/mol. The highest BCUT2D eigenvalue weighted by Crippen LogP contribution is 2.29. The molecule has 3 heteroatoms. The summed E-state index contributed by atoms with van der Waals surface area (Å²) in [5.74, 6) is 1.09. The van der Waals surface area contributed by atoms with E-state index in [2.05, 4.69) is 53.9 Å². The van der Waals surface area contributed by atoms with Crippen molar-refractivity contribution in [3.05, 3.63) is 101 Å². The maximum Gasteiger partial charge on any atom is 0.133 e. The maximum absolute atomic E-state index is 9.50. The van der Waals surface area contributed by atoms with E-state index < -0.39 is 0 Å². The van der Waals surface area contributed by atoms with Gasteiger partial charge in [0, 0.05) is 11.7 Å². The number of nitriles is 1. The van der Waals surface area contributed by atoms with Gasteiger partial charge in [-0.05, 0) is 52.6 Å². The van der Waals surface area contributed by atoms with Gasteiger partial charge in [0.25, 0.3) is 0 Å². The van der Waals surface area contributed by atoms with Crippen LogP contribution in [0.25, 0.3) is 0 Å². The van der Waals surface area contributed by atoms with E-state index in [9.17, 15) is 5.11 Å². The molecule has 0 bridgehead atoms. The molecule has 0 aliphatic heterocycles. The largest absolute Gasteiger partial charge is 0.508 e. The molecule has 2 nitrogen and oxygen atoms in total. The van der Waals surface area contributed by atoms with Crippen LogP contribution in [-0.4, -0.2) is 10.9 Å². The number of phenolic OH excluding ortho intramolecular Hbond substituents is 1. The second-order valence-electron chi connectivity index (χ2n) is 5.95. The van der Waals surface area contributed by atoms with Crippen molar-refractivity contribution in [2.45, 2.75) is 12.3 Å². The number of hydrogen-bond acceptors (Lipinski definition) is 3. The third kappa shape index (κ3) is 4.65. The van der Waals surface area contributed by atoms with E-state index in [0.717, 1.165) is 12.0 Å². The normalized spacial score (nSPS) is 11.6. The van der Waals surface area contributed by atoms with Gasteiger partial charge in [-0.25, -0.2) is 0 Å². The predicted molar refractivity (Wildman–Crippen MR) is 104 cm³/mol. The van der Waals surface area contributed by atoms with Crippen LogP contribution in [0.3, 0.4) is 0 Å². The Hall–Kier alpha value is -2.70. The van der Waals surface area contributed by atoms with E-state index in [1.54, 1.807) is 12.1 Å². The van der Waals surface area contributed by atoms with Gasteiger partial charge in [-0.15, -0.1) is 0 Å². The Morgan fingerprint density at radius 1 is 0.800 bits per heavy atom. The van der Waals surface area contributed by atoms with Crippen molar-refractivity contribution in [1.29, 1.82) is 5.26 Å².